The van der Waals surface area contributed by atoms with E-state index in [1.807, 2.05) is 54.9 Å². The van der Waals surface area contributed by atoms with Crippen LogP contribution < -0.4 is 11.5 Å². The second kappa shape index (κ2) is 9.30. The number of hydrogen-bond acceptors (Lipinski definition) is 4. The fourth-order valence-electron chi connectivity index (χ4n) is 3.32. The van der Waals surface area contributed by atoms with Crippen LogP contribution in [0.4, 0.5) is 0 Å². The number of benzene rings is 2. The zero-order valence-electron chi connectivity index (χ0n) is 17.7. The molecule has 0 fully saturated rings. The van der Waals surface area contributed by atoms with Crippen LogP contribution in [0, 0.1) is 10.8 Å². The molecule has 0 spiro atoms. The van der Waals surface area contributed by atoms with E-state index in [1.165, 1.54) is 0 Å². The van der Waals surface area contributed by atoms with E-state index >= 15 is 0 Å². The number of esters is 1. The van der Waals surface area contributed by atoms with E-state index in [2.05, 4.69) is 0 Å². The van der Waals surface area contributed by atoms with Crippen LogP contribution in [0.1, 0.15) is 52.0 Å². The van der Waals surface area contributed by atoms with Gasteiger partial charge < -0.3 is 20.8 Å². The highest BCUT2D eigenvalue weighted by atomic mass is 16.5. The lowest BCUT2D eigenvalue weighted by Crippen LogP contribution is -2.13. The molecule has 2 aromatic carbocycles. The van der Waals surface area contributed by atoms with Crippen molar-refractivity contribution >= 4 is 17.6 Å². The first-order valence-electron chi connectivity index (χ1n) is 9.99. The predicted molar refractivity (Wildman–Crippen MR) is 122 cm³/mol. The van der Waals surface area contributed by atoms with Gasteiger partial charge in [0.2, 0.25) is 0 Å². The average molecular weight is 418 g/mol. The van der Waals surface area contributed by atoms with Gasteiger partial charge in [-0.1, -0.05) is 42.5 Å². The molecule has 0 saturated carbocycles. The Kier molecular flexibility index (Phi) is 6.55. The molecule has 7 heteroatoms. The Morgan fingerprint density at radius 1 is 0.968 bits per heavy atom. The van der Waals surface area contributed by atoms with Crippen molar-refractivity contribution in [1.82, 2.24) is 4.57 Å². The summed E-state index contributed by atoms with van der Waals surface area (Å²) in [5, 5.41) is 15.2. The second-order valence-corrected chi connectivity index (χ2v) is 7.72. The highest BCUT2D eigenvalue weighted by Crippen LogP contribution is 2.20. The minimum atomic E-state index is -0.360. The SMILES string of the molecule is CC(C)OC(=O)c1cn(Cc2cccc(C(=N)N)c2)cc1Cc1ccc(C(=N)N)cc1. The summed E-state index contributed by atoms with van der Waals surface area (Å²) in [4.78, 5) is 12.7. The molecule has 6 N–H and O–H groups in total. The maximum atomic E-state index is 12.7. The van der Waals surface area contributed by atoms with E-state index in [1.54, 1.807) is 24.4 Å². The van der Waals surface area contributed by atoms with Crippen LogP contribution in [-0.4, -0.2) is 28.3 Å². The normalized spacial score (nSPS) is 10.8. The lowest BCUT2D eigenvalue weighted by atomic mass is 10.0. The Bertz CT molecular complexity index is 1110. The van der Waals surface area contributed by atoms with Gasteiger partial charge in [-0.25, -0.2) is 4.79 Å². The number of nitrogens with zero attached hydrogens (tertiary/aromatic N) is 1. The first-order chi connectivity index (χ1) is 14.7. The fraction of sp³-hybridized carbons (Fsp3) is 0.208. The molecule has 0 bridgehead atoms. The van der Waals surface area contributed by atoms with Crippen LogP contribution in [-0.2, 0) is 17.7 Å². The van der Waals surface area contributed by atoms with Gasteiger partial charge in [-0.15, -0.1) is 0 Å². The maximum Gasteiger partial charge on any atom is 0.340 e. The molecule has 31 heavy (non-hydrogen) atoms. The minimum Gasteiger partial charge on any atom is -0.459 e. The maximum absolute atomic E-state index is 12.7. The van der Waals surface area contributed by atoms with E-state index in [0.717, 1.165) is 16.7 Å². The largest absolute Gasteiger partial charge is 0.459 e. The van der Waals surface area contributed by atoms with Crippen LogP contribution in [0.5, 0.6) is 0 Å². The summed E-state index contributed by atoms with van der Waals surface area (Å²) in [5.74, 6) is -0.321. The van der Waals surface area contributed by atoms with Crippen LogP contribution in [0.15, 0.2) is 60.9 Å². The zero-order chi connectivity index (χ0) is 22.5. The monoisotopic (exact) mass is 417 g/mol. The number of rotatable bonds is 8. The number of nitrogens with two attached hydrogens (primary N) is 2. The third-order valence-corrected chi connectivity index (χ3v) is 4.79. The quantitative estimate of drug-likeness (QED) is 0.254. The van der Waals surface area contributed by atoms with Crippen molar-refractivity contribution in [1.29, 1.82) is 10.8 Å². The van der Waals surface area contributed by atoms with Gasteiger partial charge >= 0.3 is 5.97 Å². The highest BCUT2D eigenvalue weighted by Gasteiger charge is 2.18. The van der Waals surface area contributed by atoms with Crippen LogP contribution in [0.2, 0.25) is 0 Å². The number of aromatic nitrogens is 1. The second-order valence-electron chi connectivity index (χ2n) is 7.72. The van der Waals surface area contributed by atoms with Gasteiger partial charge in [-0.3, -0.25) is 10.8 Å². The number of ether oxygens (including phenoxy) is 1. The van der Waals surface area contributed by atoms with Gasteiger partial charge in [0.25, 0.3) is 0 Å². The molecule has 7 nitrogen and oxygen atoms in total. The summed E-state index contributed by atoms with van der Waals surface area (Å²) in [5.41, 5.74) is 15.8. The lowest BCUT2D eigenvalue weighted by Gasteiger charge is -2.08. The van der Waals surface area contributed by atoms with Crippen LogP contribution >= 0.6 is 0 Å². The van der Waals surface area contributed by atoms with E-state index in [4.69, 9.17) is 27.0 Å². The number of nitrogen functional groups attached to an aromatic ring is 2. The Labute approximate surface area is 181 Å². The van der Waals surface area contributed by atoms with Gasteiger partial charge in [-0.2, -0.15) is 0 Å². The molecule has 160 valence electrons. The molecule has 0 amide bonds. The van der Waals surface area contributed by atoms with E-state index < -0.39 is 0 Å². The molecule has 1 aromatic heterocycles. The van der Waals surface area contributed by atoms with Crippen molar-refractivity contribution in [3.63, 3.8) is 0 Å². The molecule has 3 aromatic rings. The van der Waals surface area contributed by atoms with Gasteiger partial charge in [0.1, 0.15) is 11.7 Å². The van der Waals surface area contributed by atoms with Crippen LogP contribution in [0.3, 0.4) is 0 Å². The molecular weight excluding hydrogens is 390 g/mol. The minimum absolute atomic E-state index is 0.0188. The van der Waals surface area contributed by atoms with Crippen LogP contribution in [0.25, 0.3) is 0 Å². The molecule has 0 aliphatic rings. The number of amidine groups is 2. The molecule has 0 radical (unpaired) electrons. The van der Waals surface area contributed by atoms with Crippen molar-refractivity contribution in [2.75, 3.05) is 0 Å². The van der Waals surface area contributed by atoms with Gasteiger partial charge in [0.15, 0.2) is 0 Å². The van der Waals surface area contributed by atoms with Gasteiger partial charge in [0.05, 0.1) is 11.7 Å². The number of nitrogens with one attached hydrogen (secondary N) is 2. The fourth-order valence-corrected chi connectivity index (χ4v) is 3.32. The lowest BCUT2D eigenvalue weighted by molar-refractivity contribution is 0.0377. The number of carbonyl (C=O) groups excluding carboxylic acids is 1. The molecular formula is C24H27N5O2. The first-order valence-corrected chi connectivity index (χ1v) is 9.99. The Morgan fingerprint density at radius 3 is 2.26 bits per heavy atom. The summed E-state index contributed by atoms with van der Waals surface area (Å²) in [6.45, 7) is 4.18. The third kappa shape index (κ3) is 5.60. The standard InChI is InChI=1S/C24H27N5O2/c1-15(2)31-24(30)21-14-29(12-17-4-3-5-19(11-17)23(27)28)13-20(21)10-16-6-8-18(9-7-16)22(25)26/h3-9,11,13-15H,10,12H2,1-2H3,(H3,25,26)(H3,27,28). The van der Waals surface area contributed by atoms with Gasteiger partial charge in [0, 0.05) is 30.1 Å². The smallest absolute Gasteiger partial charge is 0.340 e. The molecule has 1 heterocycles. The summed E-state index contributed by atoms with van der Waals surface area (Å²) in [6.07, 6.45) is 4.06. The topological polar surface area (TPSA) is 131 Å². The predicted octanol–water partition coefficient (Wildman–Crippen LogP) is 3.26. The molecule has 0 unspecified atom stereocenters. The van der Waals surface area contributed by atoms with E-state index in [9.17, 15) is 4.79 Å². The zero-order valence-corrected chi connectivity index (χ0v) is 17.7. The Morgan fingerprint density at radius 2 is 1.65 bits per heavy atom. The number of hydrogen-bond donors (Lipinski definition) is 4. The van der Waals surface area contributed by atoms with Crippen molar-refractivity contribution < 1.29 is 9.53 Å². The van der Waals surface area contributed by atoms with E-state index in [-0.39, 0.29) is 23.7 Å². The average Bonchev–Trinajstić information content (AvgIpc) is 3.10. The highest BCUT2D eigenvalue weighted by molar-refractivity contribution is 5.95. The third-order valence-electron chi connectivity index (χ3n) is 4.79. The Hall–Kier alpha value is -3.87. The first kappa shape index (κ1) is 21.8. The molecule has 3 rings (SSSR count). The molecule has 0 aliphatic heterocycles. The summed E-state index contributed by atoms with van der Waals surface area (Å²) >= 11 is 0. The summed E-state index contributed by atoms with van der Waals surface area (Å²) in [7, 11) is 0. The van der Waals surface area contributed by atoms with Crippen molar-refractivity contribution in [3.05, 3.63) is 94.3 Å². The molecule has 0 saturated heterocycles. The Balaban J connectivity index is 1.90. The summed E-state index contributed by atoms with van der Waals surface area (Å²) in [6, 6.07) is 14.9. The van der Waals surface area contributed by atoms with E-state index in [0.29, 0.717) is 29.7 Å². The van der Waals surface area contributed by atoms with Gasteiger partial charge in [-0.05, 0) is 43.0 Å². The molecule has 0 aliphatic carbocycles. The molecule has 0 atom stereocenters. The van der Waals surface area contributed by atoms with Crippen molar-refractivity contribution in [2.24, 2.45) is 11.5 Å². The van der Waals surface area contributed by atoms with Crippen molar-refractivity contribution in [2.45, 2.75) is 32.9 Å². The van der Waals surface area contributed by atoms with Crippen molar-refractivity contribution in [3.8, 4) is 0 Å². The number of carbonyl (C=O) groups is 1. The summed E-state index contributed by atoms with van der Waals surface area (Å²) < 4.78 is 7.38.